The minimum Gasteiger partial charge on any atom is -0.477 e. The SMILES string of the molecule is CCCCOc1nccc2ccccc12. The molecule has 0 radical (unpaired) electrons. The van der Waals surface area contributed by atoms with Gasteiger partial charge in [-0.15, -0.1) is 0 Å². The number of rotatable bonds is 4. The van der Waals surface area contributed by atoms with Crippen molar-refractivity contribution < 1.29 is 4.74 Å². The molecule has 2 aromatic rings. The molecular formula is C13H15NO. The second kappa shape index (κ2) is 4.78. The molecule has 0 unspecified atom stereocenters. The van der Waals surface area contributed by atoms with Crippen LogP contribution >= 0.6 is 0 Å². The zero-order valence-corrected chi connectivity index (χ0v) is 8.94. The zero-order valence-electron chi connectivity index (χ0n) is 8.94. The van der Waals surface area contributed by atoms with E-state index in [0.717, 1.165) is 30.7 Å². The normalized spacial score (nSPS) is 10.5. The van der Waals surface area contributed by atoms with Gasteiger partial charge >= 0.3 is 0 Å². The first-order valence-electron chi connectivity index (χ1n) is 5.38. The van der Waals surface area contributed by atoms with E-state index < -0.39 is 0 Å². The van der Waals surface area contributed by atoms with Crippen LogP contribution in [0, 0.1) is 0 Å². The summed E-state index contributed by atoms with van der Waals surface area (Å²) in [5.41, 5.74) is 0. The van der Waals surface area contributed by atoms with Crippen LogP contribution in [0.4, 0.5) is 0 Å². The van der Waals surface area contributed by atoms with E-state index in [1.807, 2.05) is 24.3 Å². The van der Waals surface area contributed by atoms with Gasteiger partial charge in [-0.3, -0.25) is 0 Å². The second-order valence-electron chi connectivity index (χ2n) is 3.54. The Morgan fingerprint density at radius 1 is 1.20 bits per heavy atom. The van der Waals surface area contributed by atoms with Gasteiger partial charge in [-0.05, 0) is 23.9 Å². The maximum Gasteiger partial charge on any atom is 0.221 e. The largest absolute Gasteiger partial charge is 0.477 e. The quantitative estimate of drug-likeness (QED) is 0.707. The highest BCUT2D eigenvalue weighted by Gasteiger charge is 2.01. The molecule has 1 aromatic heterocycles. The Balaban J connectivity index is 2.26. The van der Waals surface area contributed by atoms with Gasteiger partial charge in [0.15, 0.2) is 0 Å². The summed E-state index contributed by atoms with van der Waals surface area (Å²) in [6.45, 7) is 2.90. The lowest BCUT2D eigenvalue weighted by Crippen LogP contribution is -1.98. The zero-order chi connectivity index (χ0) is 10.5. The summed E-state index contributed by atoms with van der Waals surface area (Å²) in [5, 5.41) is 2.27. The van der Waals surface area contributed by atoms with Crippen LogP contribution < -0.4 is 4.74 Å². The van der Waals surface area contributed by atoms with Crippen LogP contribution in [0.2, 0.25) is 0 Å². The minimum atomic E-state index is 0.748. The summed E-state index contributed by atoms with van der Waals surface area (Å²) in [5.74, 6) is 0.751. The predicted molar refractivity (Wildman–Crippen MR) is 62.1 cm³/mol. The fraction of sp³-hybridized carbons (Fsp3) is 0.308. The third-order valence-corrected chi connectivity index (χ3v) is 2.37. The topological polar surface area (TPSA) is 22.1 Å². The van der Waals surface area contributed by atoms with Crippen LogP contribution in [0.25, 0.3) is 10.8 Å². The first-order chi connectivity index (χ1) is 7.42. The number of benzene rings is 1. The number of fused-ring (bicyclic) bond motifs is 1. The molecule has 1 heterocycles. The van der Waals surface area contributed by atoms with Crippen molar-refractivity contribution in [3.05, 3.63) is 36.5 Å². The molecule has 0 aliphatic carbocycles. The molecule has 0 spiro atoms. The fourth-order valence-electron chi connectivity index (χ4n) is 1.52. The van der Waals surface area contributed by atoms with E-state index in [0.29, 0.717) is 0 Å². The van der Waals surface area contributed by atoms with Gasteiger partial charge in [0, 0.05) is 11.6 Å². The number of hydrogen-bond acceptors (Lipinski definition) is 2. The van der Waals surface area contributed by atoms with E-state index in [1.165, 1.54) is 5.39 Å². The molecule has 0 aliphatic heterocycles. The van der Waals surface area contributed by atoms with E-state index in [4.69, 9.17) is 4.74 Å². The average molecular weight is 201 g/mol. The van der Waals surface area contributed by atoms with Crippen LogP contribution in [-0.4, -0.2) is 11.6 Å². The lowest BCUT2D eigenvalue weighted by atomic mass is 10.2. The molecule has 2 heteroatoms. The molecule has 0 saturated heterocycles. The van der Waals surface area contributed by atoms with Crippen molar-refractivity contribution in [3.8, 4) is 5.88 Å². The van der Waals surface area contributed by atoms with Crippen molar-refractivity contribution in [3.63, 3.8) is 0 Å². The van der Waals surface area contributed by atoms with Crippen LogP contribution in [0.1, 0.15) is 19.8 Å². The molecular weight excluding hydrogens is 186 g/mol. The molecule has 0 N–H and O–H groups in total. The van der Waals surface area contributed by atoms with E-state index in [9.17, 15) is 0 Å². The molecule has 0 amide bonds. The minimum absolute atomic E-state index is 0.748. The summed E-state index contributed by atoms with van der Waals surface area (Å²) in [4.78, 5) is 4.26. The van der Waals surface area contributed by atoms with Crippen LogP contribution in [0.5, 0.6) is 5.88 Å². The van der Waals surface area contributed by atoms with Crippen molar-refractivity contribution in [1.29, 1.82) is 0 Å². The van der Waals surface area contributed by atoms with Gasteiger partial charge in [-0.25, -0.2) is 4.98 Å². The second-order valence-corrected chi connectivity index (χ2v) is 3.54. The maximum atomic E-state index is 5.65. The van der Waals surface area contributed by atoms with Crippen molar-refractivity contribution in [2.45, 2.75) is 19.8 Å². The maximum absolute atomic E-state index is 5.65. The Bertz CT molecular complexity index is 434. The summed E-state index contributed by atoms with van der Waals surface area (Å²) in [6.07, 6.45) is 4.01. The lowest BCUT2D eigenvalue weighted by molar-refractivity contribution is 0.302. The molecule has 78 valence electrons. The number of pyridine rings is 1. The third kappa shape index (κ3) is 2.27. The van der Waals surface area contributed by atoms with E-state index in [2.05, 4.69) is 18.0 Å². The van der Waals surface area contributed by atoms with Gasteiger partial charge in [-0.2, -0.15) is 0 Å². The summed E-state index contributed by atoms with van der Waals surface area (Å²) in [6, 6.07) is 10.2. The summed E-state index contributed by atoms with van der Waals surface area (Å²) in [7, 11) is 0. The van der Waals surface area contributed by atoms with Crippen LogP contribution in [-0.2, 0) is 0 Å². The highest BCUT2D eigenvalue weighted by molar-refractivity contribution is 5.86. The highest BCUT2D eigenvalue weighted by Crippen LogP contribution is 2.22. The van der Waals surface area contributed by atoms with Gasteiger partial charge < -0.3 is 4.74 Å². The molecule has 15 heavy (non-hydrogen) atoms. The number of nitrogens with zero attached hydrogens (tertiary/aromatic N) is 1. The molecule has 1 aromatic carbocycles. The molecule has 0 aliphatic rings. The Morgan fingerprint density at radius 3 is 2.93 bits per heavy atom. The smallest absolute Gasteiger partial charge is 0.221 e. The van der Waals surface area contributed by atoms with Gasteiger partial charge in [-0.1, -0.05) is 31.5 Å². The first kappa shape index (κ1) is 9.97. The van der Waals surface area contributed by atoms with Crippen LogP contribution in [0.15, 0.2) is 36.5 Å². The fourth-order valence-corrected chi connectivity index (χ4v) is 1.52. The van der Waals surface area contributed by atoms with Crippen LogP contribution in [0.3, 0.4) is 0 Å². The van der Waals surface area contributed by atoms with Gasteiger partial charge in [0.05, 0.1) is 6.61 Å². The van der Waals surface area contributed by atoms with E-state index >= 15 is 0 Å². The standard InChI is InChI=1S/C13H15NO/c1-2-3-10-15-13-12-7-5-4-6-11(12)8-9-14-13/h4-9H,2-3,10H2,1H3. The lowest BCUT2D eigenvalue weighted by Gasteiger charge is -2.06. The number of aromatic nitrogens is 1. The van der Waals surface area contributed by atoms with Crippen molar-refractivity contribution in [2.24, 2.45) is 0 Å². The Hall–Kier alpha value is -1.57. The third-order valence-electron chi connectivity index (χ3n) is 2.37. The average Bonchev–Trinajstić information content (AvgIpc) is 2.30. The highest BCUT2D eigenvalue weighted by atomic mass is 16.5. The van der Waals surface area contributed by atoms with E-state index in [-0.39, 0.29) is 0 Å². The first-order valence-corrected chi connectivity index (χ1v) is 5.38. The van der Waals surface area contributed by atoms with Gasteiger partial charge in [0.1, 0.15) is 0 Å². The van der Waals surface area contributed by atoms with Crippen molar-refractivity contribution >= 4 is 10.8 Å². The molecule has 0 saturated carbocycles. The van der Waals surface area contributed by atoms with Gasteiger partial charge in [0.2, 0.25) is 5.88 Å². The summed E-state index contributed by atoms with van der Waals surface area (Å²) < 4.78 is 5.65. The van der Waals surface area contributed by atoms with Crippen molar-refractivity contribution in [1.82, 2.24) is 4.98 Å². The Kier molecular flexibility index (Phi) is 3.18. The monoisotopic (exact) mass is 201 g/mol. The molecule has 0 atom stereocenters. The van der Waals surface area contributed by atoms with E-state index in [1.54, 1.807) is 6.20 Å². The van der Waals surface area contributed by atoms with Gasteiger partial charge in [0.25, 0.3) is 0 Å². The molecule has 2 nitrogen and oxygen atoms in total. The molecule has 0 bridgehead atoms. The van der Waals surface area contributed by atoms with Crippen molar-refractivity contribution in [2.75, 3.05) is 6.61 Å². The number of unbranched alkanes of at least 4 members (excludes halogenated alkanes) is 1. The Morgan fingerprint density at radius 2 is 2.07 bits per heavy atom. The molecule has 0 fully saturated rings. The summed E-state index contributed by atoms with van der Waals surface area (Å²) >= 11 is 0. The Labute approximate surface area is 89.9 Å². The number of hydrogen-bond donors (Lipinski definition) is 0. The molecule has 2 rings (SSSR count). The number of ether oxygens (including phenoxy) is 1. The predicted octanol–water partition coefficient (Wildman–Crippen LogP) is 3.41.